The van der Waals surface area contributed by atoms with Crippen LogP contribution in [-0.2, 0) is 0 Å². The molecule has 1 rings (SSSR count). The van der Waals surface area contributed by atoms with Gasteiger partial charge >= 0.3 is 0 Å². The average Bonchev–Trinajstić information content (AvgIpc) is 2.26. The van der Waals surface area contributed by atoms with Crippen molar-refractivity contribution < 1.29 is 0 Å². The highest BCUT2D eigenvalue weighted by Gasteiger charge is 2.25. The lowest BCUT2D eigenvalue weighted by Gasteiger charge is -2.32. The molecule has 3 atom stereocenters. The summed E-state index contributed by atoms with van der Waals surface area (Å²) in [7, 11) is 0. The maximum Gasteiger partial charge on any atom is 0.0159 e. The van der Waals surface area contributed by atoms with Crippen LogP contribution < -0.4 is 5.73 Å². The molecule has 0 aromatic heterocycles. The van der Waals surface area contributed by atoms with Gasteiger partial charge in [0.05, 0.1) is 0 Å². The fourth-order valence-electron chi connectivity index (χ4n) is 2.53. The molecular weight excluding hydrogens is 202 g/mol. The second-order valence-electron chi connectivity index (χ2n) is 5.25. The van der Waals surface area contributed by atoms with Gasteiger partial charge in [0, 0.05) is 11.8 Å². The first-order valence-electron chi connectivity index (χ1n) is 6.50. The molecule has 0 spiro atoms. The lowest BCUT2D eigenvalue weighted by Crippen LogP contribution is -2.36. The molecule has 0 radical (unpaired) electrons. The van der Waals surface area contributed by atoms with Crippen LogP contribution >= 0.6 is 11.8 Å². The van der Waals surface area contributed by atoms with Gasteiger partial charge in [-0.15, -0.1) is 0 Å². The molecule has 1 aliphatic carbocycles. The Labute approximate surface area is 99.6 Å². The Morgan fingerprint density at radius 1 is 1.33 bits per heavy atom. The molecule has 1 fully saturated rings. The summed E-state index contributed by atoms with van der Waals surface area (Å²) in [6, 6.07) is 0.437. The van der Waals surface area contributed by atoms with Gasteiger partial charge in [-0.1, -0.05) is 40.0 Å². The molecule has 0 amide bonds. The van der Waals surface area contributed by atoms with Gasteiger partial charge in [-0.05, 0) is 29.9 Å². The molecule has 0 heterocycles. The molecule has 0 bridgehead atoms. The van der Waals surface area contributed by atoms with Crippen LogP contribution in [0.25, 0.3) is 0 Å². The van der Waals surface area contributed by atoms with Crippen LogP contribution in [0, 0.1) is 11.8 Å². The number of nitrogens with two attached hydrogens (primary N) is 1. The van der Waals surface area contributed by atoms with Crippen LogP contribution in [-0.4, -0.2) is 17.0 Å². The standard InChI is InChI=1S/C13H27NS/c1-4-11-6-5-7-12(8-11)13(14)9-15-10(2)3/h10-13H,4-9,14H2,1-3H3. The highest BCUT2D eigenvalue weighted by molar-refractivity contribution is 7.99. The Morgan fingerprint density at radius 3 is 2.67 bits per heavy atom. The Kier molecular flexibility index (Phi) is 6.06. The van der Waals surface area contributed by atoms with Gasteiger partial charge in [0.15, 0.2) is 0 Å². The Balaban J connectivity index is 2.28. The smallest absolute Gasteiger partial charge is 0.0159 e. The summed E-state index contributed by atoms with van der Waals surface area (Å²) in [6.45, 7) is 6.83. The summed E-state index contributed by atoms with van der Waals surface area (Å²) in [5.74, 6) is 2.91. The molecule has 0 aromatic carbocycles. The van der Waals surface area contributed by atoms with Crippen molar-refractivity contribution in [1.82, 2.24) is 0 Å². The summed E-state index contributed by atoms with van der Waals surface area (Å²) in [5, 5.41) is 0.724. The zero-order valence-corrected chi connectivity index (χ0v) is 11.4. The van der Waals surface area contributed by atoms with Gasteiger partial charge in [0.25, 0.3) is 0 Å². The molecule has 0 aromatic rings. The third kappa shape index (κ3) is 4.78. The van der Waals surface area contributed by atoms with E-state index in [0.717, 1.165) is 22.8 Å². The largest absolute Gasteiger partial charge is 0.327 e. The zero-order chi connectivity index (χ0) is 11.3. The fraction of sp³-hybridized carbons (Fsp3) is 1.00. The van der Waals surface area contributed by atoms with Gasteiger partial charge in [-0.25, -0.2) is 0 Å². The van der Waals surface area contributed by atoms with Crippen molar-refractivity contribution in [3.63, 3.8) is 0 Å². The lowest BCUT2D eigenvalue weighted by atomic mass is 9.77. The second-order valence-corrected chi connectivity index (χ2v) is 6.86. The highest BCUT2D eigenvalue weighted by atomic mass is 32.2. The van der Waals surface area contributed by atoms with E-state index in [9.17, 15) is 0 Å². The van der Waals surface area contributed by atoms with Gasteiger partial charge in [-0.3, -0.25) is 0 Å². The molecular formula is C13H27NS. The van der Waals surface area contributed by atoms with Crippen LogP contribution in [0.5, 0.6) is 0 Å². The first-order chi connectivity index (χ1) is 7.13. The first-order valence-corrected chi connectivity index (χ1v) is 7.55. The quantitative estimate of drug-likeness (QED) is 0.778. The maximum atomic E-state index is 6.29. The molecule has 2 N–H and O–H groups in total. The summed E-state index contributed by atoms with van der Waals surface area (Å²) in [6.07, 6.45) is 6.95. The number of hydrogen-bond donors (Lipinski definition) is 1. The van der Waals surface area contributed by atoms with Crippen molar-refractivity contribution in [2.75, 3.05) is 5.75 Å². The van der Waals surface area contributed by atoms with Crippen molar-refractivity contribution in [2.24, 2.45) is 17.6 Å². The van der Waals surface area contributed by atoms with Crippen LogP contribution in [0.15, 0.2) is 0 Å². The van der Waals surface area contributed by atoms with E-state index < -0.39 is 0 Å². The van der Waals surface area contributed by atoms with Crippen molar-refractivity contribution in [3.8, 4) is 0 Å². The van der Waals surface area contributed by atoms with Crippen molar-refractivity contribution >= 4 is 11.8 Å². The topological polar surface area (TPSA) is 26.0 Å². The molecule has 0 saturated heterocycles. The van der Waals surface area contributed by atoms with Crippen LogP contribution in [0.4, 0.5) is 0 Å². The van der Waals surface area contributed by atoms with Crippen molar-refractivity contribution in [1.29, 1.82) is 0 Å². The minimum Gasteiger partial charge on any atom is -0.327 e. The van der Waals surface area contributed by atoms with E-state index in [1.165, 1.54) is 32.1 Å². The monoisotopic (exact) mass is 229 g/mol. The van der Waals surface area contributed by atoms with Crippen LogP contribution in [0.3, 0.4) is 0 Å². The lowest BCUT2D eigenvalue weighted by molar-refractivity contribution is 0.237. The van der Waals surface area contributed by atoms with Crippen LogP contribution in [0.1, 0.15) is 52.9 Å². The van der Waals surface area contributed by atoms with Gasteiger partial charge < -0.3 is 5.73 Å². The summed E-state index contributed by atoms with van der Waals surface area (Å²) < 4.78 is 0. The number of thioether (sulfide) groups is 1. The normalized spacial score (nSPS) is 29.4. The molecule has 1 nitrogen and oxygen atoms in total. The Hall–Kier alpha value is 0.310. The number of rotatable bonds is 5. The third-order valence-electron chi connectivity index (χ3n) is 3.63. The van der Waals surface area contributed by atoms with E-state index in [-0.39, 0.29) is 0 Å². The van der Waals surface area contributed by atoms with E-state index in [1.807, 2.05) is 11.8 Å². The minimum atomic E-state index is 0.437. The molecule has 1 aliphatic rings. The van der Waals surface area contributed by atoms with E-state index in [4.69, 9.17) is 5.73 Å². The maximum absolute atomic E-state index is 6.29. The van der Waals surface area contributed by atoms with E-state index in [1.54, 1.807) is 0 Å². The summed E-state index contributed by atoms with van der Waals surface area (Å²) >= 11 is 2.02. The summed E-state index contributed by atoms with van der Waals surface area (Å²) in [4.78, 5) is 0. The molecule has 0 aliphatic heterocycles. The highest BCUT2D eigenvalue weighted by Crippen LogP contribution is 2.33. The van der Waals surface area contributed by atoms with E-state index >= 15 is 0 Å². The average molecular weight is 229 g/mol. The van der Waals surface area contributed by atoms with Gasteiger partial charge in [-0.2, -0.15) is 11.8 Å². The molecule has 3 unspecified atom stereocenters. The van der Waals surface area contributed by atoms with E-state index in [0.29, 0.717) is 6.04 Å². The first kappa shape index (κ1) is 13.4. The second kappa shape index (κ2) is 6.80. The Bertz CT molecular complexity index is 170. The molecule has 2 heteroatoms. The molecule has 90 valence electrons. The SMILES string of the molecule is CCC1CCCC(C(N)CSC(C)C)C1. The number of hydrogen-bond acceptors (Lipinski definition) is 2. The Morgan fingerprint density at radius 2 is 2.07 bits per heavy atom. The van der Waals surface area contributed by atoms with Gasteiger partial charge in [0.2, 0.25) is 0 Å². The van der Waals surface area contributed by atoms with Gasteiger partial charge in [0.1, 0.15) is 0 Å². The van der Waals surface area contributed by atoms with Crippen LogP contribution in [0.2, 0.25) is 0 Å². The predicted molar refractivity (Wildman–Crippen MR) is 71.3 cm³/mol. The summed E-state index contributed by atoms with van der Waals surface area (Å²) in [5.41, 5.74) is 6.29. The zero-order valence-electron chi connectivity index (χ0n) is 10.5. The third-order valence-corrected chi connectivity index (χ3v) is 4.87. The van der Waals surface area contributed by atoms with E-state index in [2.05, 4.69) is 20.8 Å². The molecule has 15 heavy (non-hydrogen) atoms. The molecule has 1 saturated carbocycles. The van der Waals surface area contributed by atoms with Crippen molar-refractivity contribution in [3.05, 3.63) is 0 Å². The minimum absolute atomic E-state index is 0.437. The van der Waals surface area contributed by atoms with Crippen molar-refractivity contribution in [2.45, 2.75) is 64.2 Å². The predicted octanol–water partition coefficient (Wildman–Crippen LogP) is 3.67. The fourth-order valence-corrected chi connectivity index (χ4v) is 3.41.